The van der Waals surface area contributed by atoms with E-state index in [0.717, 1.165) is 22.5 Å². The van der Waals surface area contributed by atoms with Crippen molar-refractivity contribution in [3.63, 3.8) is 0 Å². The van der Waals surface area contributed by atoms with Gasteiger partial charge >= 0.3 is 6.01 Å². The first kappa shape index (κ1) is 26.8. The van der Waals surface area contributed by atoms with Gasteiger partial charge in [0.15, 0.2) is 11.6 Å². The van der Waals surface area contributed by atoms with E-state index < -0.39 is 12.0 Å². The number of ether oxygens (including phenoxy) is 1. The number of nitrogen functional groups attached to an aromatic ring is 1. The van der Waals surface area contributed by atoms with Crippen molar-refractivity contribution in [3.05, 3.63) is 84.2 Å². The van der Waals surface area contributed by atoms with Crippen molar-refractivity contribution in [2.45, 2.75) is 33.4 Å². The van der Waals surface area contributed by atoms with Crippen LogP contribution < -0.4 is 15.8 Å². The van der Waals surface area contributed by atoms with Gasteiger partial charge in [0.2, 0.25) is 0 Å². The Hall–Kier alpha value is -4.83. The molecule has 0 radical (unpaired) electrons. The van der Waals surface area contributed by atoms with E-state index in [1.165, 1.54) is 12.4 Å². The number of hydrogen-bond donors (Lipinski definition) is 3. The zero-order chi connectivity index (χ0) is 28.6. The minimum absolute atomic E-state index is 0.00102. The molecule has 0 saturated heterocycles. The fourth-order valence-corrected chi connectivity index (χ4v) is 4.67. The number of aliphatic hydroxyl groups is 1. The number of nitrogens with zero attached hydrogens (tertiary/aromatic N) is 5. The second-order valence-electron chi connectivity index (χ2n) is 9.59. The Bertz CT molecular complexity index is 1750. The molecule has 0 aliphatic rings. The van der Waals surface area contributed by atoms with Crippen molar-refractivity contribution in [1.29, 1.82) is 0 Å². The predicted molar refractivity (Wildman–Crippen MR) is 154 cm³/mol. The lowest BCUT2D eigenvalue weighted by molar-refractivity contribution is 0.240. The molecule has 5 aromatic rings. The number of aryl methyl sites for hydroxylation is 3. The van der Waals surface area contributed by atoms with Gasteiger partial charge in [-0.2, -0.15) is 0 Å². The van der Waals surface area contributed by atoms with Gasteiger partial charge in [-0.15, -0.1) is 0 Å². The average Bonchev–Trinajstić information content (AvgIpc) is 3.23. The van der Waals surface area contributed by atoms with Crippen LogP contribution in [0.3, 0.4) is 0 Å². The molecular weight excluding hydrogens is 509 g/mol. The number of benzene rings is 2. The average molecular weight is 540 g/mol. The van der Waals surface area contributed by atoms with E-state index in [2.05, 4.69) is 31.8 Å². The quantitative estimate of drug-likeness (QED) is 0.167. The minimum Gasteiger partial charge on any atom is -0.421 e. The fraction of sp³-hybridized carbons (Fsp3) is 0.200. The molecule has 4 N–H and O–H groups in total. The summed E-state index contributed by atoms with van der Waals surface area (Å²) in [7, 11) is 1.90. The van der Waals surface area contributed by atoms with Crippen LogP contribution in [-0.4, -0.2) is 35.8 Å². The van der Waals surface area contributed by atoms with E-state index in [1.54, 1.807) is 38.2 Å². The van der Waals surface area contributed by atoms with Gasteiger partial charge in [0.1, 0.15) is 24.0 Å². The van der Waals surface area contributed by atoms with Gasteiger partial charge in [0.05, 0.1) is 11.1 Å². The Morgan fingerprint density at radius 3 is 2.67 bits per heavy atom. The maximum absolute atomic E-state index is 15.5. The van der Waals surface area contributed by atoms with Crippen LogP contribution >= 0.6 is 0 Å². The molecule has 5 rings (SSSR count). The SMILES string of the molecule is C=C(C)C(O)Nc1ccc(-c2c(-c3ccc(Oc4nccc(C)n4)c(F)c3)c3c(N)ncnc3n2C)c(CC)c1. The van der Waals surface area contributed by atoms with Crippen LogP contribution in [-0.2, 0) is 13.5 Å². The molecule has 2 aromatic carbocycles. The van der Waals surface area contributed by atoms with Gasteiger partial charge in [-0.1, -0.05) is 25.6 Å². The van der Waals surface area contributed by atoms with Crippen molar-refractivity contribution >= 4 is 22.5 Å². The van der Waals surface area contributed by atoms with Crippen molar-refractivity contribution in [2.24, 2.45) is 7.05 Å². The molecule has 1 atom stereocenters. The van der Waals surface area contributed by atoms with Crippen LogP contribution in [0, 0.1) is 12.7 Å². The molecule has 0 saturated carbocycles. The van der Waals surface area contributed by atoms with E-state index in [4.69, 9.17) is 10.5 Å². The molecule has 10 heteroatoms. The molecule has 0 amide bonds. The molecule has 0 fully saturated rings. The predicted octanol–water partition coefficient (Wildman–Crippen LogP) is 5.78. The van der Waals surface area contributed by atoms with E-state index in [9.17, 15) is 5.11 Å². The second kappa shape index (κ2) is 10.7. The number of fused-ring (bicyclic) bond motifs is 1. The van der Waals surface area contributed by atoms with Crippen LogP contribution in [0.25, 0.3) is 33.4 Å². The summed E-state index contributed by atoms with van der Waals surface area (Å²) < 4.78 is 23.0. The van der Waals surface area contributed by atoms with Crippen LogP contribution in [0.15, 0.2) is 67.1 Å². The van der Waals surface area contributed by atoms with Crippen molar-refractivity contribution in [1.82, 2.24) is 24.5 Å². The Labute approximate surface area is 231 Å². The molecular formula is C30H30FN7O2. The van der Waals surface area contributed by atoms with Crippen LogP contribution in [0.2, 0.25) is 0 Å². The third-order valence-corrected chi connectivity index (χ3v) is 6.70. The minimum atomic E-state index is -0.868. The largest absolute Gasteiger partial charge is 0.421 e. The third kappa shape index (κ3) is 4.96. The summed E-state index contributed by atoms with van der Waals surface area (Å²) in [5, 5.41) is 13.9. The van der Waals surface area contributed by atoms with E-state index >= 15 is 4.39 Å². The van der Waals surface area contributed by atoms with Crippen LogP contribution in [0.5, 0.6) is 11.8 Å². The van der Waals surface area contributed by atoms with Gasteiger partial charge < -0.3 is 25.5 Å². The Kier molecular flexibility index (Phi) is 7.19. The number of anilines is 2. The highest BCUT2D eigenvalue weighted by atomic mass is 19.1. The molecule has 1 unspecified atom stereocenters. The summed E-state index contributed by atoms with van der Waals surface area (Å²) in [6, 6.07) is 12.4. The first-order valence-electron chi connectivity index (χ1n) is 12.8. The fourth-order valence-electron chi connectivity index (χ4n) is 4.67. The number of rotatable bonds is 8. The van der Waals surface area contributed by atoms with Gasteiger partial charge in [-0.05, 0) is 67.3 Å². The van der Waals surface area contributed by atoms with Gasteiger partial charge in [-0.3, -0.25) is 0 Å². The van der Waals surface area contributed by atoms with E-state index in [1.807, 2.05) is 36.7 Å². The molecule has 0 bridgehead atoms. The molecule has 40 heavy (non-hydrogen) atoms. The number of nitrogens with two attached hydrogens (primary N) is 1. The molecule has 0 spiro atoms. The topological polar surface area (TPSA) is 124 Å². The maximum atomic E-state index is 15.5. The lowest BCUT2D eigenvalue weighted by atomic mass is 9.94. The monoisotopic (exact) mass is 539 g/mol. The zero-order valence-corrected chi connectivity index (χ0v) is 22.7. The summed E-state index contributed by atoms with van der Waals surface area (Å²) in [4.78, 5) is 17.0. The molecule has 3 aromatic heterocycles. The zero-order valence-electron chi connectivity index (χ0n) is 22.7. The number of halogens is 1. The number of hydrogen-bond acceptors (Lipinski definition) is 8. The smallest absolute Gasteiger partial charge is 0.322 e. The van der Waals surface area contributed by atoms with Crippen molar-refractivity contribution in [3.8, 4) is 34.1 Å². The number of aromatic nitrogens is 5. The summed E-state index contributed by atoms with van der Waals surface area (Å²) >= 11 is 0. The Balaban J connectivity index is 1.66. The van der Waals surface area contributed by atoms with E-state index in [0.29, 0.717) is 39.8 Å². The Morgan fingerprint density at radius 1 is 1.18 bits per heavy atom. The molecule has 0 aliphatic heterocycles. The highest BCUT2D eigenvalue weighted by Gasteiger charge is 2.24. The van der Waals surface area contributed by atoms with Crippen molar-refractivity contribution in [2.75, 3.05) is 11.1 Å². The highest BCUT2D eigenvalue weighted by molar-refractivity contribution is 6.08. The second-order valence-corrected chi connectivity index (χ2v) is 9.59. The van der Waals surface area contributed by atoms with Gasteiger partial charge in [0.25, 0.3) is 0 Å². The van der Waals surface area contributed by atoms with Gasteiger partial charge in [-0.25, -0.2) is 24.3 Å². The number of aliphatic hydroxyl groups excluding tert-OH is 1. The lowest BCUT2D eigenvalue weighted by Crippen LogP contribution is -2.19. The molecule has 9 nitrogen and oxygen atoms in total. The normalized spacial score (nSPS) is 11.9. The molecule has 0 aliphatic carbocycles. The standard InChI is InChI=1S/C30H30FN7O2/c1-6-18-13-20(37-29(39)16(2)3)8-9-21(18)26-24(25-27(32)34-15-35-28(25)38(26)5)19-7-10-23(22(31)14-19)40-30-33-12-11-17(4)36-30/h7-15,29,37,39H,2,6H2,1,3-5H3,(H2,32,34,35). The maximum Gasteiger partial charge on any atom is 0.322 e. The first-order chi connectivity index (χ1) is 19.2. The summed E-state index contributed by atoms with van der Waals surface area (Å²) in [6.07, 6.45) is 2.80. The number of nitrogens with one attached hydrogen (secondary N) is 1. The molecule has 3 heterocycles. The molecule has 204 valence electrons. The van der Waals surface area contributed by atoms with Crippen LogP contribution in [0.4, 0.5) is 15.9 Å². The summed E-state index contributed by atoms with van der Waals surface area (Å²) in [5.74, 6) is -0.289. The van der Waals surface area contributed by atoms with Crippen molar-refractivity contribution < 1.29 is 14.2 Å². The van der Waals surface area contributed by atoms with Gasteiger partial charge in [0, 0.05) is 35.8 Å². The summed E-state index contributed by atoms with van der Waals surface area (Å²) in [5.41, 5.74) is 13.1. The lowest BCUT2D eigenvalue weighted by Gasteiger charge is -2.18. The van der Waals surface area contributed by atoms with E-state index in [-0.39, 0.29) is 17.6 Å². The van der Waals surface area contributed by atoms with Crippen LogP contribution in [0.1, 0.15) is 25.1 Å². The third-order valence-electron chi connectivity index (χ3n) is 6.70. The highest BCUT2D eigenvalue weighted by Crippen LogP contribution is 2.44. The summed E-state index contributed by atoms with van der Waals surface area (Å²) in [6.45, 7) is 9.41. The Morgan fingerprint density at radius 2 is 1.98 bits per heavy atom. The first-order valence-corrected chi connectivity index (χ1v) is 12.8.